The van der Waals surface area contributed by atoms with Crippen molar-refractivity contribution in [1.82, 2.24) is 0 Å². The van der Waals surface area contributed by atoms with E-state index in [1.807, 2.05) is 0 Å². The summed E-state index contributed by atoms with van der Waals surface area (Å²) in [7, 11) is -1.88. The summed E-state index contributed by atoms with van der Waals surface area (Å²) in [5.41, 5.74) is 0. The summed E-state index contributed by atoms with van der Waals surface area (Å²) in [5.74, 6) is -0.468. The minimum atomic E-state index is -3.17. The summed E-state index contributed by atoms with van der Waals surface area (Å²) in [4.78, 5) is 11.7. The number of hydrogen-bond acceptors (Lipinski definition) is 5. The standard InChI is InChI=1S/C9H10O4S2/c1-13-9(10)4-3-7-5-8(6-14-7)15(2,11)12/h3-6H,1-2H3/b4-3+. The third kappa shape index (κ3) is 3.49. The van der Waals surface area contributed by atoms with Crippen LogP contribution in [0.2, 0.25) is 0 Å². The smallest absolute Gasteiger partial charge is 0.330 e. The van der Waals surface area contributed by atoms with Crippen molar-refractivity contribution >= 4 is 33.2 Å². The van der Waals surface area contributed by atoms with Crippen molar-refractivity contribution in [3.05, 3.63) is 22.4 Å². The maximum atomic E-state index is 11.1. The molecule has 4 nitrogen and oxygen atoms in total. The molecule has 82 valence electrons. The zero-order chi connectivity index (χ0) is 11.5. The van der Waals surface area contributed by atoms with Crippen LogP contribution in [0.4, 0.5) is 0 Å². The Bertz CT molecular complexity index is 482. The van der Waals surface area contributed by atoms with Gasteiger partial charge in [0.15, 0.2) is 9.84 Å². The van der Waals surface area contributed by atoms with Crippen LogP contribution >= 0.6 is 11.3 Å². The Morgan fingerprint density at radius 2 is 2.20 bits per heavy atom. The molecule has 0 aliphatic rings. The second kappa shape index (κ2) is 4.59. The highest BCUT2D eigenvalue weighted by molar-refractivity contribution is 7.90. The number of hydrogen-bond donors (Lipinski definition) is 0. The summed E-state index contributed by atoms with van der Waals surface area (Å²) in [6.45, 7) is 0. The van der Waals surface area contributed by atoms with Crippen molar-refractivity contribution in [2.75, 3.05) is 13.4 Å². The molecule has 0 aliphatic heterocycles. The quantitative estimate of drug-likeness (QED) is 0.596. The maximum Gasteiger partial charge on any atom is 0.330 e. The number of methoxy groups -OCH3 is 1. The molecule has 0 spiro atoms. The van der Waals surface area contributed by atoms with Gasteiger partial charge in [-0.1, -0.05) is 0 Å². The largest absolute Gasteiger partial charge is 0.466 e. The number of carbonyl (C=O) groups is 1. The van der Waals surface area contributed by atoms with E-state index in [1.165, 1.54) is 42.0 Å². The summed E-state index contributed by atoms with van der Waals surface area (Å²) in [6, 6.07) is 1.51. The van der Waals surface area contributed by atoms with Gasteiger partial charge in [-0.3, -0.25) is 0 Å². The predicted molar refractivity (Wildman–Crippen MR) is 58.5 cm³/mol. The van der Waals surface area contributed by atoms with Crippen LogP contribution in [0.15, 0.2) is 22.4 Å². The summed E-state index contributed by atoms with van der Waals surface area (Å²) >= 11 is 1.26. The van der Waals surface area contributed by atoms with E-state index in [0.717, 1.165) is 6.26 Å². The number of rotatable bonds is 3. The van der Waals surface area contributed by atoms with Gasteiger partial charge >= 0.3 is 5.97 Å². The Balaban J connectivity index is 2.87. The minimum Gasteiger partial charge on any atom is -0.466 e. The van der Waals surface area contributed by atoms with Gasteiger partial charge in [-0.15, -0.1) is 11.3 Å². The van der Waals surface area contributed by atoms with E-state index in [9.17, 15) is 13.2 Å². The van der Waals surface area contributed by atoms with Gasteiger partial charge in [0.05, 0.1) is 12.0 Å². The minimum absolute atomic E-state index is 0.261. The van der Waals surface area contributed by atoms with Gasteiger partial charge in [-0.2, -0.15) is 0 Å². The van der Waals surface area contributed by atoms with E-state index in [-0.39, 0.29) is 4.90 Å². The summed E-state index contributed by atoms with van der Waals surface area (Å²) in [5, 5.41) is 1.53. The zero-order valence-electron chi connectivity index (χ0n) is 8.26. The summed E-state index contributed by atoms with van der Waals surface area (Å²) in [6.07, 6.45) is 3.91. The Morgan fingerprint density at radius 1 is 1.53 bits per heavy atom. The molecule has 15 heavy (non-hydrogen) atoms. The molecule has 0 aliphatic carbocycles. The van der Waals surface area contributed by atoms with Gasteiger partial charge in [0.1, 0.15) is 0 Å². The zero-order valence-corrected chi connectivity index (χ0v) is 9.89. The summed E-state index contributed by atoms with van der Waals surface area (Å²) < 4.78 is 26.7. The Hall–Kier alpha value is -1.14. The molecule has 6 heteroatoms. The Kier molecular flexibility index (Phi) is 3.65. The lowest BCUT2D eigenvalue weighted by atomic mass is 10.4. The molecule has 0 N–H and O–H groups in total. The molecular weight excluding hydrogens is 236 g/mol. The van der Waals surface area contributed by atoms with Crippen LogP contribution in [0.25, 0.3) is 6.08 Å². The van der Waals surface area contributed by atoms with E-state index in [2.05, 4.69) is 4.74 Å². The number of esters is 1. The van der Waals surface area contributed by atoms with Crippen molar-refractivity contribution in [2.24, 2.45) is 0 Å². The van der Waals surface area contributed by atoms with Gasteiger partial charge in [0.25, 0.3) is 0 Å². The highest BCUT2D eigenvalue weighted by atomic mass is 32.2. The van der Waals surface area contributed by atoms with E-state index < -0.39 is 15.8 Å². The van der Waals surface area contributed by atoms with Crippen molar-refractivity contribution in [3.63, 3.8) is 0 Å². The van der Waals surface area contributed by atoms with E-state index in [1.54, 1.807) is 0 Å². The first-order valence-electron chi connectivity index (χ1n) is 3.98. The van der Waals surface area contributed by atoms with E-state index in [4.69, 9.17) is 0 Å². The fourth-order valence-corrected chi connectivity index (χ4v) is 2.76. The second-order valence-electron chi connectivity index (χ2n) is 2.81. The molecule has 0 bridgehead atoms. The van der Waals surface area contributed by atoms with Crippen LogP contribution in [-0.4, -0.2) is 27.8 Å². The van der Waals surface area contributed by atoms with Gasteiger partial charge in [-0.25, -0.2) is 13.2 Å². The van der Waals surface area contributed by atoms with Gasteiger partial charge < -0.3 is 4.74 Å². The second-order valence-corrected chi connectivity index (χ2v) is 5.77. The van der Waals surface area contributed by atoms with Crippen LogP contribution in [0.3, 0.4) is 0 Å². The highest BCUT2D eigenvalue weighted by Gasteiger charge is 2.08. The SMILES string of the molecule is COC(=O)/C=C/c1cc(S(C)(=O)=O)cs1. The van der Waals surface area contributed by atoms with E-state index >= 15 is 0 Å². The Labute approximate surface area is 92.1 Å². The van der Waals surface area contributed by atoms with Crippen LogP contribution in [0.5, 0.6) is 0 Å². The lowest BCUT2D eigenvalue weighted by molar-refractivity contribution is -0.134. The fraction of sp³-hybridized carbons (Fsp3) is 0.222. The van der Waals surface area contributed by atoms with Crippen LogP contribution in [0, 0.1) is 0 Å². The molecule has 0 amide bonds. The molecule has 1 rings (SSSR count). The number of thiophene rings is 1. The number of carbonyl (C=O) groups excluding carboxylic acids is 1. The lowest BCUT2D eigenvalue weighted by Gasteiger charge is -1.89. The van der Waals surface area contributed by atoms with Crippen LogP contribution in [0.1, 0.15) is 4.88 Å². The molecule has 0 fully saturated rings. The molecule has 0 aromatic carbocycles. The first kappa shape index (κ1) is 11.9. The fourth-order valence-electron chi connectivity index (χ4n) is 0.834. The van der Waals surface area contributed by atoms with Crippen LogP contribution < -0.4 is 0 Å². The third-order valence-electron chi connectivity index (χ3n) is 1.61. The van der Waals surface area contributed by atoms with Gasteiger partial charge in [-0.05, 0) is 12.1 Å². The molecule has 1 heterocycles. The normalized spacial score (nSPS) is 11.9. The molecule has 0 radical (unpaired) electrons. The number of sulfone groups is 1. The molecule has 0 atom stereocenters. The molecular formula is C9H10O4S2. The molecule has 1 aromatic heterocycles. The molecule has 0 saturated heterocycles. The van der Waals surface area contributed by atoms with Crippen molar-refractivity contribution in [2.45, 2.75) is 4.90 Å². The van der Waals surface area contributed by atoms with Crippen molar-refractivity contribution < 1.29 is 17.9 Å². The molecule has 1 aromatic rings. The average Bonchev–Trinajstić information content (AvgIpc) is 2.61. The predicted octanol–water partition coefficient (Wildman–Crippen LogP) is 1.34. The first-order valence-corrected chi connectivity index (χ1v) is 6.75. The number of ether oxygens (including phenoxy) is 1. The lowest BCUT2D eigenvalue weighted by Crippen LogP contribution is -1.94. The van der Waals surface area contributed by atoms with Crippen molar-refractivity contribution in [3.8, 4) is 0 Å². The molecule has 0 unspecified atom stereocenters. The third-order valence-corrected chi connectivity index (χ3v) is 3.75. The average molecular weight is 246 g/mol. The topological polar surface area (TPSA) is 60.4 Å². The van der Waals surface area contributed by atoms with E-state index in [0.29, 0.717) is 4.88 Å². The van der Waals surface area contributed by atoms with Gasteiger partial charge in [0.2, 0.25) is 0 Å². The monoisotopic (exact) mass is 246 g/mol. The Morgan fingerprint density at radius 3 is 2.67 bits per heavy atom. The van der Waals surface area contributed by atoms with Gasteiger partial charge in [0, 0.05) is 22.6 Å². The van der Waals surface area contributed by atoms with Crippen molar-refractivity contribution in [1.29, 1.82) is 0 Å². The highest BCUT2D eigenvalue weighted by Crippen LogP contribution is 2.20. The molecule has 0 saturated carbocycles. The van der Waals surface area contributed by atoms with Crippen LogP contribution in [-0.2, 0) is 19.4 Å². The maximum absolute atomic E-state index is 11.1. The first-order chi connectivity index (χ1) is 6.93.